The Morgan fingerprint density at radius 3 is 2.19 bits per heavy atom. The second-order valence-electron chi connectivity index (χ2n) is 6.24. The molecule has 10 heteroatoms. The minimum absolute atomic E-state index is 0.0498. The number of nitrogens with zero attached hydrogens (tertiary/aromatic N) is 2. The van der Waals surface area contributed by atoms with Crippen LogP contribution in [0.25, 0.3) is 10.9 Å². The number of H-pyrrole nitrogens is 1. The van der Waals surface area contributed by atoms with Gasteiger partial charge in [0.2, 0.25) is 11.6 Å². The molecule has 0 fully saturated rings. The topological polar surface area (TPSA) is 106 Å². The Morgan fingerprint density at radius 2 is 1.61 bits per heavy atom. The van der Waals surface area contributed by atoms with E-state index in [4.69, 9.17) is 37.4 Å². The number of aromatic nitrogens is 1. The number of halogens is 2. The molecule has 3 rings (SSSR count). The van der Waals surface area contributed by atoms with Crippen LogP contribution in [-0.4, -0.2) is 35.8 Å². The number of carbonyl (C=O) groups excluding carboxylic acids is 1. The first-order valence-corrected chi connectivity index (χ1v) is 10.4. The summed E-state index contributed by atoms with van der Waals surface area (Å²) in [5, 5.41) is 19.0. The highest BCUT2D eigenvalue weighted by atomic mass is 35.5. The largest absolute Gasteiger partial charge is 0.493 e. The number of nitrogens with one attached hydrogen (secondary N) is 1. The highest BCUT2D eigenvalue weighted by Crippen LogP contribution is 2.41. The summed E-state index contributed by atoms with van der Waals surface area (Å²) >= 11 is 12.2. The van der Waals surface area contributed by atoms with E-state index in [9.17, 15) is 9.90 Å². The van der Waals surface area contributed by atoms with E-state index in [1.54, 1.807) is 6.07 Å². The average Bonchev–Trinajstić information content (AvgIpc) is 3.04. The third kappa shape index (κ3) is 4.86. The summed E-state index contributed by atoms with van der Waals surface area (Å²) in [7, 11) is 0. The van der Waals surface area contributed by atoms with Crippen molar-refractivity contribution in [1.29, 1.82) is 0 Å². The van der Waals surface area contributed by atoms with Crippen molar-refractivity contribution >= 4 is 45.7 Å². The zero-order valence-corrected chi connectivity index (χ0v) is 18.7. The van der Waals surface area contributed by atoms with E-state index < -0.39 is 5.91 Å². The maximum atomic E-state index is 12.7. The van der Waals surface area contributed by atoms with Gasteiger partial charge in [0.1, 0.15) is 0 Å². The van der Waals surface area contributed by atoms with Crippen LogP contribution in [0, 0.1) is 0 Å². The lowest BCUT2D eigenvalue weighted by atomic mass is 10.1. The first kappa shape index (κ1) is 22.7. The molecule has 2 aromatic carbocycles. The Bertz CT molecular complexity index is 1120. The fourth-order valence-electron chi connectivity index (χ4n) is 2.96. The van der Waals surface area contributed by atoms with Gasteiger partial charge in [-0.25, -0.2) is 0 Å². The van der Waals surface area contributed by atoms with Crippen molar-refractivity contribution in [1.82, 2.24) is 4.98 Å². The number of benzene rings is 2. The molecule has 0 atom stereocenters. The van der Waals surface area contributed by atoms with Gasteiger partial charge in [-0.3, -0.25) is 4.79 Å². The quantitative estimate of drug-likeness (QED) is 0.379. The van der Waals surface area contributed by atoms with Gasteiger partial charge in [0.15, 0.2) is 17.2 Å². The molecule has 1 heterocycles. The summed E-state index contributed by atoms with van der Waals surface area (Å²) in [6.07, 6.45) is 0. The minimum Gasteiger partial charge on any atom is -0.493 e. The summed E-state index contributed by atoms with van der Waals surface area (Å²) in [6, 6.07) is 6.12. The third-order valence-electron chi connectivity index (χ3n) is 4.17. The summed E-state index contributed by atoms with van der Waals surface area (Å²) in [5.74, 6) is 0.196. The van der Waals surface area contributed by atoms with Gasteiger partial charge in [-0.05, 0) is 45.0 Å². The van der Waals surface area contributed by atoms with Gasteiger partial charge >= 0.3 is 0 Å². The first-order chi connectivity index (χ1) is 14.9. The number of fused-ring (bicyclic) bond motifs is 1. The monoisotopic (exact) mass is 465 g/mol. The van der Waals surface area contributed by atoms with E-state index in [1.807, 2.05) is 20.8 Å². The molecule has 0 aliphatic heterocycles. The first-order valence-electron chi connectivity index (χ1n) is 9.61. The van der Waals surface area contributed by atoms with Gasteiger partial charge in [-0.2, -0.15) is 0 Å². The van der Waals surface area contributed by atoms with Crippen LogP contribution in [0.2, 0.25) is 10.0 Å². The molecule has 0 saturated heterocycles. The molecule has 0 radical (unpaired) electrons. The van der Waals surface area contributed by atoms with Crippen molar-refractivity contribution in [3.63, 3.8) is 0 Å². The number of aromatic amines is 1. The van der Waals surface area contributed by atoms with E-state index in [0.29, 0.717) is 58.0 Å². The van der Waals surface area contributed by atoms with Crippen molar-refractivity contribution < 1.29 is 24.1 Å². The van der Waals surface area contributed by atoms with E-state index in [-0.39, 0.29) is 17.1 Å². The lowest BCUT2D eigenvalue weighted by Crippen LogP contribution is -2.05. The summed E-state index contributed by atoms with van der Waals surface area (Å²) in [4.78, 5) is 15.4. The second-order valence-corrected chi connectivity index (χ2v) is 7.08. The number of amides is 1. The summed E-state index contributed by atoms with van der Waals surface area (Å²) < 4.78 is 16.9. The maximum Gasteiger partial charge on any atom is 0.295 e. The molecule has 0 saturated carbocycles. The van der Waals surface area contributed by atoms with Crippen LogP contribution in [0.4, 0.5) is 5.69 Å². The summed E-state index contributed by atoms with van der Waals surface area (Å²) in [6.45, 7) is 6.62. The van der Waals surface area contributed by atoms with Gasteiger partial charge in [-0.15, -0.1) is 10.2 Å². The number of aromatic hydroxyl groups is 1. The Labute approximate surface area is 188 Å². The Morgan fingerprint density at radius 1 is 1.00 bits per heavy atom. The van der Waals surface area contributed by atoms with Gasteiger partial charge in [0.05, 0.1) is 35.9 Å². The zero-order valence-electron chi connectivity index (χ0n) is 17.2. The van der Waals surface area contributed by atoms with E-state index in [1.165, 1.54) is 18.2 Å². The smallest absolute Gasteiger partial charge is 0.295 e. The second kappa shape index (κ2) is 9.89. The SMILES string of the molecule is CCOc1cc(C(=O)N=Nc2c(O)[nH]c3c(Cl)cc(Cl)cc23)cc(OCC)c1OCC. The molecule has 31 heavy (non-hydrogen) atoms. The van der Waals surface area contributed by atoms with Crippen LogP contribution in [-0.2, 0) is 0 Å². The van der Waals surface area contributed by atoms with Gasteiger partial charge in [0, 0.05) is 10.4 Å². The maximum absolute atomic E-state index is 12.7. The van der Waals surface area contributed by atoms with Crippen molar-refractivity contribution in [3.05, 3.63) is 39.9 Å². The predicted molar refractivity (Wildman–Crippen MR) is 119 cm³/mol. The van der Waals surface area contributed by atoms with E-state index in [0.717, 1.165) is 0 Å². The highest BCUT2D eigenvalue weighted by Gasteiger charge is 2.19. The zero-order chi connectivity index (χ0) is 22.5. The lowest BCUT2D eigenvalue weighted by Gasteiger charge is -2.16. The Balaban J connectivity index is 2.01. The molecule has 0 spiro atoms. The molecule has 1 amide bonds. The fourth-order valence-corrected chi connectivity index (χ4v) is 3.50. The van der Waals surface area contributed by atoms with Gasteiger partial charge in [-0.1, -0.05) is 23.2 Å². The van der Waals surface area contributed by atoms with Crippen molar-refractivity contribution in [2.24, 2.45) is 10.2 Å². The molecule has 0 aliphatic carbocycles. The van der Waals surface area contributed by atoms with Gasteiger partial charge in [0.25, 0.3) is 5.91 Å². The van der Waals surface area contributed by atoms with Crippen molar-refractivity contribution in [2.45, 2.75) is 20.8 Å². The highest BCUT2D eigenvalue weighted by molar-refractivity contribution is 6.38. The number of rotatable bonds is 8. The Kier molecular flexibility index (Phi) is 7.25. The number of hydrogen-bond donors (Lipinski definition) is 2. The Hall–Kier alpha value is -2.97. The van der Waals surface area contributed by atoms with Crippen LogP contribution in [0.3, 0.4) is 0 Å². The van der Waals surface area contributed by atoms with Crippen LogP contribution >= 0.6 is 23.2 Å². The molecule has 1 aromatic heterocycles. The van der Waals surface area contributed by atoms with E-state index >= 15 is 0 Å². The van der Waals surface area contributed by atoms with E-state index in [2.05, 4.69) is 15.2 Å². The molecule has 3 aromatic rings. The third-order valence-corrected chi connectivity index (χ3v) is 4.69. The lowest BCUT2D eigenvalue weighted by molar-refractivity contribution is 0.0994. The molecule has 0 bridgehead atoms. The van der Waals surface area contributed by atoms with Crippen LogP contribution in [0.1, 0.15) is 31.1 Å². The molecule has 8 nitrogen and oxygen atoms in total. The van der Waals surface area contributed by atoms with Crippen LogP contribution in [0.15, 0.2) is 34.5 Å². The van der Waals surface area contributed by atoms with Crippen molar-refractivity contribution in [2.75, 3.05) is 19.8 Å². The standard InChI is InChI=1S/C21H21Cl2N3O5/c1-4-29-15-7-11(8-16(30-5-2)19(15)31-6-3)20(27)26-25-18-13-9-12(22)10-14(23)17(13)24-21(18)28/h7-10,24,28H,4-6H2,1-3H3. The number of hydrogen-bond acceptors (Lipinski definition) is 6. The van der Waals surface area contributed by atoms with Crippen molar-refractivity contribution in [3.8, 4) is 23.1 Å². The number of ether oxygens (including phenoxy) is 3. The summed E-state index contributed by atoms with van der Waals surface area (Å²) in [5.41, 5.74) is 0.673. The predicted octanol–water partition coefficient (Wildman–Crippen LogP) is 6.30. The number of azo groups is 1. The number of carbonyl (C=O) groups is 1. The minimum atomic E-state index is -0.660. The normalized spacial score (nSPS) is 11.3. The van der Waals surface area contributed by atoms with Gasteiger partial charge < -0.3 is 24.3 Å². The molecular formula is C21H21Cl2N3O5. The molecule has 0 aliphatic rings. The molecule has 164 valence electrons. The van der Waals surface area contributed by atoms with Crippen LogP contribution in [0.5, 0.6) is 23.1 Å². The molecule has 0 unspecified atom stereocenters. The molecule has 2 N–H and O–H groups in total. The van der Waals surface area contributed by atoms with Crippen LogP contribution < -0.4 is 14.2 Å². The average molecular weight is 466 g/mol. The fraction of sp³-hybridized carbons (Fsp3) is 0.286. The molecular weight excluding hydrogens is 445 g/mol.